The van der Waals surface area contributed by atoms with E-state index >= 15 is 0 Å². The summed E-state index contributed by atoms with van der Waals surface area (Å²) in [5.74, 6) is 0.410. The fourth-order valence-corrected chi connectivity index (χ4v) is 2.30. The third-order valence-electron chi connectivity index (χ3n) is 3.20. The van der Waals surface area contributed by atoms with Crippen LogP contribution < -0.4 is 0 Å². The van der Waals surface area contributed by atoms with E-state index in [0.717, 1.165) is 6.42 Å². The van der Waals surface area contributed by atoms with Gasteiger partial charge in [0.2, 0.25) is 6.08 Å². The summed E-state index contributed by atoms with van der Waals surface area (Å²) in [7, 11) is 0. The van der Waals surface area contributed by atoms with Gasteiger partial charge >= 0.3 is 0 Å². The van der Waals surface area contributed by atoms with Gasteiger partial charge in [0.1, 0.15) is 0 Å². The van der Waals surface area contributed by atoms with Crippen molar-refractivity contribution in [3.63, 3.8) is 0 Å². The summed E-state index contributed by atoms with van der Waals surface area (Å²) in [6, 6.07) is 14.8. The molecule has 1 aliphatic carbocycles. The molecule has 2 aromatic rings. The van der Waals surface area contributed by atoms with Crippen molar-refractivity contribution in [2.75, 3.05) is 0 Å². The first kappa shape index (κ1) is 9.32. The Morgan fingerprint density at radius 2 is 1.94 bits per heavy atom. The minimum absolute atomic E-state index is 0.156. The molecule has 2 aromatic carbocycles. The summed E-state index contributed by atoms with van der Waals surface area (Å²) in [5.41, 5.74) is 1.31. The largest absolute Gasteiger partial charge is 0.235 e. The van der Waals surface area contributed by atoms with Crippen LogP contribution in [0.2, 0.25) is 0 Å². The molecule has 2 nitrogen and oxygen atoms in total. The first-order valence-electron chi connectivity index (χ1n) is 5.45. The number of nitrogens with zero attached hydrogens (tertiary/aromatic N) is 1. The summed E-state index contributed by atoms with van der Waals surface area (Å²) < 4.78 is 0. The lowest BCUT2D eigenvalue weighted by Gasteiger charge is -2.04. The first-order valence-corrected chi connectivity index (χ1v) is 5.45. The zero-order valence-electron chi connectivity index (χ0n) is 8.76. The van der Waals surface area contributed by atoms with Crippen LogP contribution in [0.4, 0.5) is 0 Å². The molecule has 16 heavy (non-hydrogen) atoms. The van der Waals surface area contributed by atoms with E-state index in [-0.39, 0.29) is 6.04 Å². The SMILES string of the molecule is O=C=N[C@@H]1C[C@H]1c1cccc2ccccc12. The molecular weight excluding hydrogens is 198 g/mol. The molecular formula is C14H11NO. The highest BCUT2D eigenvalue weighted by Crippen LogP contribution is 2.45. The quantitative estimate of drug-likeness (QED) is 0.552. The number of hydrogen-bond donors (Lipinski definition) is 0. The molecule has 0 aliphatic heterocycles. The molecule has 0 spiro atoms. The molecule has 2 heteroatoms. The van der Waals surface area contributed by atoms with E-state index in [9.17, 15) is 4.79 Å². The zero-order valence-corrected chi connectivity index (χ0v) is 8.76. The number of fused-ring (bicyclic) bond motifs is 1. The van der Waals surface area contributed by atoms with Crippen molar-refractivity contribution in [2.24, 2.45) is 4.99 Å². The lowest BCUT2D eigenvalue weighted by atomic mass is 10.0. The van der Waals surface area contributed by atoms with Gasteiger partial charge in [-0.3, -0.25) is 0 Å². The maximum absolute atomic E-state index is 10.2. The van der Waals surface area contributed by atoms with Crippen molar-refractivity contribution < 1.29 is 4.79 Å². The summed E-state index contributed by atoms with van der Waals surface area (Å²) in [6.07, 6.45) is 2.63. The van der Waals surface area contributed by atoms with Gasteiger partial charge in [-0.05, 0) is 22.8 Å². The molecule has 1 aliphatic rings. The standard InChI is InChI=1S/C14H11NO/c16-9-15-14-8-13(14)12-7-3-5-10-4-1-2-6-11(10)12/h1-7,13-14H,8H2/t13-,14+/m0/s1. The van der Waals surface area contributed by atoms with Gasteiger partial charge in [0.25, 0.3) is 0 Å². The predicted octanol–water partition coefficient (Wildman–Crippen LogP) is 3.03. The first-order chi connectivity index (χ1) is 7.90. The van der Waals surface area contributed by atoms with E-state index < -0.39 is 0 Å². The van der Waals surface area contributed by atoms with Crippen LogP contribution in [0.5, 0.6) is 0 Å². The van der Waals surface area contributed by atoms with Crippen molar-refractivity contribution in [1.82, 2.24) is 0 Å². The minimum atomic E-state index is 0.156. The van der Waals surface area contributed by atoms with E-state index in [1.54, 1.807) is 6.08 Å². The van der Waals surface area contributed by atoms with Gasteiger partial charge in [-0.15, -0.1) is 0 Å². The Morgan fingerprint density at radius 1 is 1.12 bits per heavy atom. The number of rotatable bonds is 2. The van der Waals surface area contributed by atoms with Crippen LogP contribution >= 0.6 is 0 Å². The van der Waals surface area contributed by atoms with E-state index in [0.29, 0.717) is 5.92 Å². The van der Waals surface area contributed by atoms with E-state index in [4.69, 9.17) is 0 Å². The second-order valence-electron chi connectivity index (χ2n) is 4.20. The van der Waals surface area contributed by atoms with Crippen molar-refractivity contribution in [3.8, 4) is 0 Å². The topological polar surface area (TPSA) is 29.4 Å². The van der Waals surface area contributed by atoms with Crippen LogP contribution in [-0.4, -0.2) is 12.1 Å². The van der Waals surface area contributed by atoms with E-state index in [1.165, 1.54) is 16.3 Å². The van der Waals surface area contributed by atoms with Crippen LogP contribution in [0.25, 0.3) is 10.8 Å². The Hall–Kier alpha value is -1.92. The molecule has 0 heterocycles. The van der Waals surface area contributed by atoms with E-state index in [1.807, 2.05) is 12.1 Å². The summed E-state index contributed by atoms with van der Waals surface area (Å²) in [4.78, 5) is 14.0. The maximum atomic E-state index is 10.2. The lowest BCUT2D eigenvalue weighted by Crippen LogP contribution is -1.86. The molecule has 0 bridgehead atoms. The molecule has 0 N–H and O–H groups in total. The molecule has 0 unspecified atom stereocenters. The van der Waals surface area contributed by atoms with Crippen molar-refractivity contribution in [2.45, 2.75) is 18.4 Å². The fourth-order valence-electron chi connectivity index (χ4n) is 2.30. The second kappa shape index (κ2) is 3.58. The third kappa shape index (κ3) is 1.44. The van der Waals surface area contributed by atoms with Crippen LogP contribution in [0.1, 0.15) is 17.9 Å². The molecule has 0 aromatic heterocycles. The Morgan fingerprint density at radius 3 is 2.81 bits per heavy atom. The summed E-state index contributed by atoms with van der Waals surface area (Å²) in [5, 5.41) is 2.53. The second-order valence-corrected chi connectivity index (χ2v) is 4.20. The van der Waals surface area contributed by atoms with Gasteiger partial charge in [-0.2, -0.15) is 0 Å². The molecule has 1 fully saturated rings. The number of benzene rings is 2. The van der Waals surface area contributed by atoms with Gasteiger partial charge in [-0.25, -0.2) is 9.79 Å². The Balaban J connectivity index is 2.08. The Labute approximate surface area is 93.6 Å². The van der Waals surface area contributed by atoms with Crippen LogP contribution in [0.15, 0.2) is 47.5 Å². The molecule has 0 radical (unpaired) electrons. The monoisotopic (exact) mass is 209 g/mol. The molecule has 78 valence electrons. The normalized spacial score (nSPS) is 22.8. The van der Waals surface area contributed by atoms with E-state index in [2.05, 4.69) is 35.3 Å². The highest BCUT2D eigenvalue weighted by Gasteiger charge is 2.39. The maximum Gasteiger partial charge on any atom is 0.235 e. The van der Waals surface area contributed by atoms with Crippen molar-refractivity contribution in [3.05, 3.63) is 48.0 Å². The zero-order chi connectivity index (χ0) is 11.0. The van der Waals surface area contributed by atoms with Gasteiger partial charge in [-0.1, -0.05) is 42.5 Å². The number of aliphatic imine (C=N–C) groups is 1. The summed E-state index contributed by atoms with van der Waals surface area (Å²) in [6.45, 7) is 0. The van der Waals surface area contributed by atoms with Crippen LogP contribution in [0, 0.1) is 0 Å². The highest BCUT2D eigenvalue weighted by molar-refractivity contribution is 5.86. The van der Waals surface area contributed by atoms with Crippen LogP contribution in [-0.2, 0) is 4.79 Å². The molecule has 0 amide bonds. The smallest absolute Gasteiger partial charge is 0.211 e. The number of carbonyl (C=O) groups excluding carboxylic acids is 1. The number of isocyanates is 1. The minimum Gasteiger partial charge on any atom is -0.211 e. The Bertz CT molecular complexity index is 579. The molecule has 3 rings (SSSR count). The average molecular weight is 209 g/mol. The lowest BCUT2D eigenvalue weighted by molar-refractivity contribution is 0.562. The Kier molecular flexibility index (Phi) is 2.09. The fraction of sp³-hybridized carbons (Fsp3) is 0.214. The van der Waals surface area contributed by atoms with Gasteiger partial charge < -0.3 is 0 Å². The van der Waals surface area contributed by atoms with Gasteiger partial charge in [0.05, 0.1) is 6.04 Å². The van der Waals surface area contributed by atoms with Crippen LogP contribution in [0.3, 0.4) is 0 Å². The number of hydrogen-bond acceptors (Lipinski definition) is 2. The molecule has 2 atom stereocenters. The molecule has 1 saturated carbocycles. The predicted molar refractivity (Wildman–Crippen MR) is 63.2 cm³/mol. The average Bonchev–Trinajstić information content (AvgIpc) is 3.08. The molecule has 0 saturated heterocycles. The van der Waals surface area contributed by atoms with Crippen molar-refractivity contribution >= 4 is 16.9 Å². The van der Waals surface area contributed by atoms with Crippen molar-refractivity contribution in [1.29, 1.82) is 0 Å². The van der Waals surface area contributed by atoms with Gasteiger partial charge in [0, 0.05) is 5.92 Å². The summed E-state index contributed by atoms with van der Waals surface area (Å²) >= 11 is 0. The third-order valence-corrected chi connectivity index (χ3v) is 3.20. The highest BCUT2D eigenvalue weighted by atomic mass is 16.1. The van der Waals surface area contributed by atoms with Gasteiger partial charge in [0.15, 0.2) is 0 Å².